The number of rotatable bonds is 6. The summed E-state index contributed by atoms with van der Waals surface area (Å²) in [7, 11) is 4.18. The minimum atomic E-state index is -0.0178. The van der Waals surface area contributed by atoms with Crippen molar-refractivity contribution in [2.75, 3.05) is 20.6 Å². The van der Waals surface area contributed by atoms with Crippen molar-refractivity contribution in [1.82, 2.24) is 14.7 Å². The van der Waals surface area contributed by atoms with Gasteiger partial charge in [-0.3, -0.25) is 14.6 Å². The van der Waals surface area contributed by atoms with Crippen LogP contribution in [0.2, 0.25) is 0 Å². The summed E-state index contributed by atoms with van der Waals surface area (Å²) in [5.41, 5.74) is 3.43. The van der Waals surface area contributed by atoms with E-state index in [0.717, 1.165) is 30.3 Å². The van der Waals surface area contributed by atoms with Gasteiger partial charge < -0.3 is 4.90 Å². The largest absolute Gasteiger partial charge is 0.309 e. The highest BCUT2D eigenvalue weighted by molar-refractivity contribution is 5.79. The molecule has 0 fully saturated rings. The Morgan fingerprint density at radius 2 is 1.83 bits per heavy atom. The summed E-state index contributed by atoms with van der Waals surface area (Å²) in [5, 5.41) is 3.72. The van der Waals surface area contributed by atoms with Gasteiger partial charge in [-0.15, -0.1) is 0 Å². The second-order valence-corrected chi connectivity index (χ2v) is 6.27. The number of aromatic amines is 1. The van der Waals surface area contributed by atoms with Crippen LogP contribution in [0.1, 0.15) is 17.5 Å². The van der Waals surface area contributed by atoms with Gasteiger partial charge in [0.2, 0.25) is 0 Å². The van der Waals surface area contributed by atoms with Crippen molar-refractivity contribution in [3.8, 4) is 0 Å². The maximum atomic E-state index is 12.1. The number of hydrogen-bond donors (Lipinski definition) is 1. The fraction of sp³-hybridized carbons (Fsp3) is 0.316. The zero-order chi connectivity index (χ0) is 16.2. The molecule has 0 amide bonds. The van der Waals surface area contributed by atoms with Gasteiger partial charge in [-0.05, 0) is 56.7 Å². The summed E-state index contributed by atoms with van der Waals surface area (Å²) in [6.07, 6.45) is 2.14. The normalized spacial score (nSPS) is 11.4. The summed E-state index contributed by atoms with van der Waals surface area (Å²) in [6.45, 7) is 1.75. The van der Waals surface area contributed by atoms with Gasteiger partial charge in [-0.2, -0.15) is 0 Å². The predicted molar refractivity (Wildman–Crippen MR) is 95.0 cm³/mol. The quantitative estimate of drug-likeness (QED) is 0.760. The molecule has 1 aromatic heterocycles. The Hall–Kier alpha value is -2.33. The third-order valence-corrected chi connectivity index (χ3v) is 4.09. The SMILES string of the molecule is CN(C)CCCc1ccc2c(=O)[nH]n(Cc3ccccc3)c2c1. The van der Waals surface area contributed by atoms with Crippen LogP contribution in [0.15, 0.2) is 53.3 Å². The molecule has 0 saturated carbocycles. The second-order valence-electron chi connectivity index (χ2n) is 6.27. The smallest absolute Gasteiger partial charge is 0.271 e. The number of H-pyrrole nitrogens is 1. The van der Waals surface area contributed by atoms with Crippen LogP contribution in [0.4, 0.5) is 0 Å². The van der Waals surface area contributed by atoms with Crippen molar-refractivity contribution in [1.29, 1.82) is 0 Å². The van der Waals surface area contributed by atoms with E-state index < -0.39 is 0 Å². The Kier molecular flexibility index (Phi) is 4.63. The van der Waals surface area contributed by atoms with Gasteiger partial charge in [0.05, 0.1) is 17.4 Å². The first-order valence-electron chi connectivity index (χ1n) is 8.03. The van der Waals surface area contributed by atoms with Crippen LogP contribution in [0.3, 0.4) is 0 Å². The molecule has 1 heterocycles. The molecule has 0 spiro atoms. The molecular weight excluding hydrogens is 286 g/mol. The fourth-order valence-corrected chi connectivity index (χ4v) is 2.88. The molecule has 0 unspecified atom stereocenters. The van der Waals surface area contributed by atoms with Gasteiger partial charge in [0.25, 0.3) is 5.56 Å². The van der Waals surface area contributed by atoms with Gasteiger partial charge >= 0.3 is 0 Å². The van der Waals surface area contributed by atoms with Crippen molar-refractivity contribution in [3.05, 3.63) is 70.0 Å². The molecule has 0 aliphatic carbocycles. The average Bonchev–Trinajstić information content (AvgIpc) is 2.84. The number of benzene rings is 2. The van der Waals surface area contributed by atoms with E-state index in [9.17, 15) is 4.79 Å². The molecule has 4 heteroatoms. The van der Waals surface area contributed by atoms with Crippen molar-refractivity contribution in [2.45, 2.75) is 19.4 Å². The molecular formula is C19H23N3O. The number of nitrogens with one attached hydrogen (secondary N) is 1. The van der Waals surface area contributed by atoms with Crippen LogP contribution in [-0.4, -0.2) is 35.3 Å². The Morgan fingerprint density at radius 1 is 1.04 bits per heavy atom. The molecule has 0 saturated heterocycles. The van der Waals surface area contributed by atoms with Crippen molar-refractivity contribution >= 4 is 10.9 Å². The molecule has 3 rings (SSSR count). The Bertz CT molecular complexity index is 831. The number of nitrogens with zero attached hydrogens (tertiary/aromatic N) is 2. The average molecular weight is 309 g/mol. The molecule has 2 aromatic carbocycles. The summed E-state index contributed by atoms with van der Waals surface area (Å²) in [6, 6.07) is 16.4. The van der Waals surface area contributed by atoms with E-state index in [2.05, 4.69) is 48.4 Å². The standard InChI is InChI=1S/C19H23N3O/c1-21(2)12-6-9-15-10-11-17-18(13-15)22(20-19(17)23)14-16-7-4-3-5-8-16/h3-5,7-8,10-11,13H,6,9,12,14H2,1-2H3,(H,20,23). The van der Waals surface area contributed by atoms with Crippen LogP contribution in [0, 0.1) is 0 Å². The van der Waals surface area contributed by atoms with Crippen molar-refractivity contribution < 1.29 is 0 Å². The molecule has 0 aliphatic rings. The summed E-state index contributed by atoms with van der Waals surface area (Å²) < 4.78 is 1.95. The maximum Gasteiger partial charge on any atom is 0.271 e. The van der Waals surface area contributed by atoms with Gasteiger partial charge in [-0.1, -0.05) is 36.4 Å². The molecule has 23 heavy (non-hydrogen) atoms. The van der Waals surface area contributed by atoms with Crippen molar-refractivity contribution in [2.24, 2.45) is 0 Å². The Morgan fingerprint density at radius 3 is 2.57 bits per heavy atom. The lowest BCUT2D eigenvalue weighted by Gasteiger charge is -2.09. The van der Waals surface area contributed by atoms with Crippen molar-refractivity contribution in [3.63, 3.8) is 0 Å². The zero-order valence-electron chi connectivity index (χ0n) is 13.7. The van der Waals surface area contributed by atoms with Crippen LogP contribution in [0.25, 0.3) is 10.9 Å². The molecule has 1 N–H and O–H groups in total. The highest BCUT2D eigenvalue weighted by atomic mass is 16.1. The fourth-order valence-electron chi connectivity index (χ4n) is 2.88. The Labute approximate surface area is 136 Å². The first-order valence-corrected chi connectivity index (χ1v) is 8.03. The topological polar surface area (TPSA) is 41.0 Å². The van der Waals surface area contributed by atoms with Gasteiger partial charge in [0, 0.05) is 0 Å². The van der Waals surface area contributed by atoms with Gasteiger partial charge in [-0.25, -0.2) is 0 Å². The number of aromatic nitrogens is 2. The number of aryl methyl sites for hydroxylation is 1. The highest BCUT2D eigenvalue weighted by Gasteiger charge is 2.08. The molecule has 0 bridgehead atoms. The monoisotopic (exact) mass is 309 g/mol. The molecule has 120 valence electrons. The predicted octanol–water partition coefficient (Wildman–Crippen LogP) is 2.87. The third-order valence-electron chi connectivity index (χ3n) is 4.09. The molecule has 0 atom stereocenters. The zero-order valence-corrected chi connectivity index (χ0v) is 13.7. The molecule has 0 radical (unpaired) electrons. The maximum absolute atomic E-state index is 12.1. The summed E-state index contributed by atoms with van der Waals surface area (Å²) in [4.78, 5) is 14.3. The lowest BCUT2D eigenvalue weighted by atomic mass is 10.1. The molecule has 0 aliphatic heterocycles. The van der Waals surface area contributed by atoms with E-state index in [-0.39, 0.29) is 5.56 Å². The first kappa shape index (κ1) is 15.6. The minimum Gasteiger partial charge on any atom is -0.309 e. The Balaban J connectivity index is 1.87. The minimum absolute atomic E-state index is 0.0178. The van der Waals surface area contributed by atoms with E-state index in [0.29, 0.717) is 6.54 Å². The van der Waals surface area contributed by atoms with Crippen LogP contribution >= 0.6 is 0 Å². The highest BCUT2D eigenvalue weighted by Crippen LogP contribution is 2.15. The van der Waals surface area contributed by atoms with E-state index >= 15 is 0 Å². The van der Waals surface area contributed by atoms with E-state index in [1.165, 1.54) is 11.1 Å². The van der Waals surface area contributed by atoms with Crippen LogP contribution in [-0.2, 0) is 13.0 Å². The summed E-state index contributed by atoms with van der Waals surface area (Å²) >= 11 is 0. The first-order chi connectivity index (χ1) is 11.1. The van der Waals surface area contributed by atoms with E-state index in [4.69, 9.17) is 0 Å². The van der Waals surface area contributed by atoms with Gasteiger partial charge in [0.1, 0.15) is 0 Å². The number of fused-ring (bicyclic) bond motifs is 1. The van der Waals surface area contributed by atoms with Crippen LogP contribution in [0.5, 0.6) is 0 Å². The van der Waals surface area contributed by atoms with E-state index in [1.807, 2.05) is 28.9 Å². The van der Waals surface area contributed by atoms with E-state index in [1.54, 1.807) is 0 Å². The summed E-state index contributed by atoms with van der Waals surface area (Å²) in [5.74, 6) is 0. The number of hydrogen-bond acceptors (Lipinski definition) is 2. The lowest BCUT2D eigenvalue weighted by Crippen LogP contribution is -2.13. The van der Waals surface area contributed by atoms with Crippen LogP contribution < -0.4 is 5.56 Å². The third kappa shape index (κ3) is 3.71. The second kappa shape index (κ2) is 6.84. The molecule has 3 aromatic rings. The van der Waals surface area contributed by atoms with Gasteiger partial charge in [0.15, 0.2) is 0 Å². The molecule has 4 nitrogen and oxygen atoms in total. The lowest BCUT2D eigenvalue weighted by molar-refractivity contribution is 0.400.